The van der Waals surface area contributed by atoms with Crippen molar-refractivity contribution in [1.29, 1.82) is 0 Å². The van der Waals surface area contributed by atoms with Crippen LogP contribution in [-0.2, 0) is 24.3 Å². The Balaban J connectivity index is 1.91. The van der Waals surface area contributed by atoms with Crippen molar-refractivity contribution < 1.29 is 27.5 Å². The maximum Gasteiger partial charge on any atom is 0.331 e. The van der Waals surface area contributed by atoms with Gasteiger partial charge in [0.2, 0.25) is 10.0 Å². The zero-order chi connectivity index (χ0) is 21.4. The molecule has 0 aliphatic heterocycles. The molecule has 0 radical (unpaired) electrons. The molecule has 0 bridgehead atoms. The van der Waals surface area contributed by atoms with Crippen LogP contribution in [0.2, 0.25) is 0 Å². The van der Waals surface area contributed by atoms with E-state index in [-0.39, 0.29) is 10.6 Å². The van der Waals surface area contributed by atoms with E-state index < -0.39 is 28.5 Å². The number of esters is 1. The average Bonchev–Trinajstić information content (AvgIpc) is 2.72. The number of aryl methyl sites for hydroxylation is 1. The smallest absolute Gasteiger partial charge is 0.331 e. The first-order valence-electron chi connectivity index (χ1n) is 8.58. The third-order valence-corrected chi connectivity index (χ3v) is 5.46. The van der Waals surface area contributed by atoms with Crippen LogP contribution in [0.25, 0.3) is 6.08 Å². The Hall–Kier alpha value is -3.17. The molecule has 0 unspecified atom stereocenters. The summed E-state index contributed by atoms with van der Waals surface area (Å²) in [5.41, 5.74) is 1.58. The fourth-order valence-corrected chi connectivity index (χ4v) is 3.33. The minimum atomic E-state index is -3.65. The summed E-state index contributed by atoms with van der Waals surface area (Å²) in [6, 6.07) is 11.5. The summed E-state index contributed by atoms with van der Waals surface area (Å²) in [7, 11) is -0.790. The highest BCUT2D eigenvalue weighted by atomic mass is 32.2. The number of hydrogen-bond acceptors (Lipinski definition) is 6. The Morgan fingerprint density at radius 2 is 1.79 bits per heavy atom. The van der Waals surface area contributed by atoms with Crippen molar-refractivity contribution in [2.45, 2.75) is 11.8 Å². The predicted molar refractivity (Wildman–Crippen MR) is 109 cm³/mol. The second-order valence-corrected chi connectivity index (χ2v) is 7.81. The molecule has 1 amide bonds. The molecule has 0 aliphatic carbocycles. The molecule has 0 aliphatic rings. The monoisotopic (exact) mass is 418 g/mol. The third kappa shape index (κ3) is 6.44. The van der Waals surface area contributed by atoms with Gasteiger partial charge in [-0.15, -0.1) is 0 Å². The molecule has 0 atom stereocenters. The molecule has 0 heterocycles. The minimum absolute atomic E-state index is 0.0530. The minimum Gasteiger partial charge on any atom is -0.497 e. The highest BCUT2D eigenvalue weighted by molar-refractivity contribution is 7.89. The highest BCUT2D eigenvalue weighted by Gasteiger charge is 2.16. The Morgan fingerprint density at radius 3 is 2.41 bits per heavy atom. The van der Waals surface area contributed by atoms with Crippen LogP contribution in [0.3, 0.4) is 0 Å². The van der Waals surface area contributed by atoms with Gasteiger partial charge >= 0.3 is 5.97 Å². The van der Waals surface area contributed by atoms with Crippen molar-refractivity contribution in [3.63, 3.8) is 0 Å². The predicted octanol–water partition coefficient (Wildman–Crippen LogP) is 2.11. The summed E-state index contributed by atoms with van der Waals surface area (Å²) in [4.78, 5) is 23.8. The second kappa shape index (κ2) is 9.85. The van der Waals surface area contributed by atoms with Crippen molar-refractivity contribution in [1.82, 2.24) is 4.72 Å². The first-order valence-corrected chi connectivity index (χ1v) is 10.1. The molecule has 2 rings (SSSR count). The standard InChI is InChI=1S/C20H22N2O6S/c1-14-4-8-16(12-18(14)29(25,26)21-2)22-19(23)13-28-20(24)11-7-15-5-9-17(27-3)10-6-15/h4-12,21H,13H2,1-3H3,(H,22,23)/b11-7+. The van der Waals surface area contributed by atoms with Crippen LogP contribution in [0.15, 0.2) is 53.4 Å². The van der Waals surface area contributed by atoms with E-state index in [0.717, 1.165) is 5.56 Å². The number of amides is 1. The number of methoxy groups -OCH3 is 1. The topological polar surface area (TPSA) is 111 Å². The second-order valence-electron chi connectivity index (χ2n) is 5.95. The van der Waals surface area contributed by atoms with E-state index in [0.29, 0.717) is 11.3 Å². The maximum absolute atomic E-state index is 12.0. The van der Waals surface area contributed by atoms with Crippen LogP contribution < -0.4 is 14.8 Å². The van der Waals surface area contributed by atoms with Crippen LogP contribution in [0.4, 0.5) is 5.69 Å². The van der Waals surface area contributed by atoms with Gasteiger partial charge in [0, 0.05) is 11.8 Å². The van der Waals surface area contributed by atoms with Gasteiger partial charge in [-0.25, -0.2) is 17.9 Å². The van der Waals surface area contributed by atoms with E-state index in [1.807, 2.05) is 0 Å². The first kappa shape index (κ1) is 22.1. The number of rotatable bonds is 8. The molecule has 154 valence electrons. The van der Waals surface area contributed by atoms with Crippen molar-refractivity contribution in [2.75, 3.05) is 26.1 Å². The van der Waals surface area contributed by atoms with Crippen molar-refractivity contribution in [3.05, 3.63) is 59.7 Å². The Morgan fingerprint density at radius 1 is 1.10 bits per heavy atom. The van der Waals surface area contributed by atoms with Crippen LogP contribution in [-0.4, -0.2) is 41.1 Å². The van der Waals surface area contributed by atoms with E-state index in [4.69, 9.17) is 9.47 Å². The van der Waals surface area contributed by atoms with Gasteiger partial charge in [-0.2, -0.15) is 0 Å². The molecule has 0 aromatic heterocycles. The van der Waals surface area contributed by atoms with Gasteiger partial charge in [0.25, 0.3) is 5.91 Å². The van der Waals surface area contributed by atoms with E-state index in [1.54, 1.807) is 56.5 Å². The molecular weight excluding hydrogens is 396 g/mol. The largest absolute Gasteiger partial charge is 0.497 e. The zero-order valence-electron chi connectivity index (χ0n) is 16.3. The third-order valence-electron chi connectivity index (χ3n) is 3.90. The van der Waals surface area contributed by atoms with Crippen molar-refractivity contribution >= 4 is 33.7 Å². The molecule has 2 N–H and O–H groups in total. The number of anilines is 1. The number of carbonyl (C=O) groups excluding carboxylic acids is 2. The van der Waals surface area contributed by atoms with Gasteiger partial charge in [-0.3, -0.25) is 4.79 Å². The van der Waals surface area contributed by atoms with Crippen LogP contribution in [0.5, 0.6) is 5.75 Å². The number of benzene rings is 2. The Bertz CT molecular complexity index is 1010. The molecule has 0 fully saturated rings. The fraction of sp³-hybridized carbons (Fsp3) is 0.200. The molecule has 9 heteroatoms. The Kier molecular flexibility index (Phi) is 7.52. The highest BCUT2D eigenvalue weighted by Crippen LogP contribution is 2.20. The average molecular weight is 418 g/mol. The lowest BCUT2D eigenvalue weighted by Crippen LogP contribution is -2.22. The molecule has 29 heavy (non-hydrogen) atoms. The molecule has 8 nitrogen and oxygen atoms in total. The number of nitrogens with one attached hydrogen (secondary N) is 2. The summed E-state index contributed by atoms with van der Waals surface area (Å²) in [5.74, 6) is -0.575. The van der Waals surface area contributed by atoms with E-state index in [9.17, 15) is 18.0 Å². The van der Waals surface area contributed by atoms with Gasteiger partial charge in [0.15, 0.2) is 6.61 Å². The van der Waals surface area contributed by atoms with Gasteiger partial charge in [0.1, 0.15) is 5.75 Å². The number of ether oxygens (including phenoxy) is 2. The number of sulfonamides is 1. The van der Waals surface area contributed by atoms with Crippen molar-refractivity contribution in [2.24, 2.45) is 0 Å². The van der Waals surface area contributed by atoms with Crippen LogP contribution >= 0.6 is 0 Å². The normalized spacial score (nSPS) is 11.3. The lowest BCUT2D eigenvalue weighted by Gasteiger charge is -2.10. The van der Waals surface area contributed by atoms with Crippen LogP contribution in [0.1, 0.15) is 11.1 Å². The molecule has 2 aromatic carbocycles. The molecule has 0 spiro atoms. The zero-order valence-corrected chi connectivity index (χ0v) is 17.1. The number of hydrogen-bond donors (Lipinski definition) is 2. The summed E-state index contributed by atoms with van der Waals surface area (Å²) in [5, 5.41) is 2.50. The van der Waals surface area contributed by atoms with Crippen LogP contribution in [0, 0.1) is 6.92 Å². The van der Waals surface area contributed by atoms with E-state index in [1.165, 1.54) is 19.2 Å². The summed E-state index contributed by atoms with van der Waals surface area (Å²) in [6.45, 7) is 1.14. The van der Waals surface area contributed by atoms with Gasteiger partial charge < -0.3 is 14.8 Å². The SMILES string of the molecule is CNS(=O)(=O)c1cc(NC(=O)COC(=O)/C=C/c2ccc(OC)cc2)ccc1C. The number of carbonyl (C=O) groups is 2. The Labute approximate surface area is 169 Å². The summed E-state index contributed by atoms with van der Waals surface area (Å²) >= 11 is 0. The van der Waals surface area contributed by atoms with Gasteiger partial charge in [0.05, 0.1) is 12.0 Å². The van der Waals surface area contributed by atoms with E-state index in [2.05, 4.69) is 10.0 Å². The molecular formula is C20H22N2O6S. The van der Waals surface area contributed by atoms with Gasteiger partial charge in [-0.1, -0.05) is 18.2 Å². The van der Waals surface area contributed by atoms with Gasteiger partial charge in [-0.05, 0) is 55.4 Å². The summed E-state index contributed by atoms with van der Waals surface area (Å²) < 4.78 is 36.2. The molecule has 0 saturated carbocycles. The maximum atomic E-state index is 12.0. The molecule has 0 saturated heterocycles. The molecule has 2 aromatic rings. The lowest BCUT2D eigenvalue weighted by molar-refractivity contribution is -0.142. The van der Waals surface area contributed by atoms with Crippen molar-refractivity contribution in [3.8, 4) is 5.75 Å². The lowest BCUT2D eigenvalue weighted by atomic mass is 10.2. The quantitative estimate of drug-likeness (QED) is 0.502. The van der Waals surface area contributed by atoms with E-state index >= 15 is 0 Å². The first-order chi connectivity index (χ1) is 13.7. The fourth-order valence-electron chi connectivity index (χ4n) is 2.34. The summed E-state index contributed by atoms with van der Waals surface area (Å²) in [6.07, 6.45) is 2.76.